The Hall–Kier alpha value is -1.81. The van der Waals surface area contributed by atoms with Crippen LogP contribution in [0.5, 0.6) is 0 Å². The van der Waals surface area contributed by atoms with E-state index in [2.05, 4.69) is 0 Å². The molecule has 0 amide bonds. The van der Waals surface area contributed by atoms with Crippen LogP contribution in [-0.2, 0) is 10.7 Å². The van der Waals surface area contributed by atoms with Gasteiger partial charge in [0, 0.05) is 11.3 Å². The van der Waals surface area contributed by atoms with E-state index in [0.29, 0.717) is 16.1 Å². The maximum Gasteiger partial charge on any atom is 0.168 e. The molecule has 82 valence electrons. The Morgan fingerprint density at radius 2 is 1.50 bits per heavy atom. The van der Waals surface area contributed by atoms with Crippen molar-refractivity contribution in [2.45, 2.75) is 4.90 Å². The lowest BCUT2D eigenvalue weighted by atomic mass is 10.1. The van der Waals surface area contributed by atoms with Crippen molar-refractivity contribution in [2.24, 2.45) is 0 Å². The van der Waals surface area contributed by atoms with Crippen molar-refractivity contribution >= 4 is 16.4 Å². The second-order valence-corrected chi connectivity index (χ2v) is 4.39. The Labute approximate surface area is 95.5 Å². The van der Waals surface area contributed by atoms with E-state index < -0.39 is 10.7 Å². The van der Waals surface area contributed by atoms with E-state index in [9.17, 15) is 8.42 Å². The molecule has 4 heteroatoms. The maximum atomic E-state index is 11.1. The third-order valence-electron chi connectivity index (χ3n) is 2.32. The van der Waals surface area contributed by atoms with Crippen LogP contribution in [0.3, 0.4) is 0 Å². The average molecular weight is 233 g/mol. The van der Waals surface area contributed by atoms with Crippen molar-refractivity contribution < 1.29 is 8.42 Å². The molecule has 0 aliphatic carbocycles. The highest BCUT2D eigenvalue weighted by molar-refractivity contribution is 7.72. The van der Waals surface area contributed by atoms with Gasteiger partial charge in [-0.25, -0.2) is 8.42 Å². The minimum atomic E-state index is -2.58. The van der Waals surface area contributed by atoms with Crippen molar-refractivity contribution in [3.63, 3.8) is 0 Å². The van der Waals surface area contributed by atoms with E-state index in [0.717, 1.165) is 5.56 Å². The number of thiol groups is 1. The monoisotopic (exact) mass is 233 g/mol. The van der Waals surface area contributed by atoms with Crippen molar-refractivity contribution in [3.05, 3.63) is 48.5 Å². The van der Waals surface area contributed by atoms with Crippen LogP contribution in [0.4, 0.5) is 5.69 Å². The predicted molar refractivity (Wildman–Crippen MR) is 64.9 cm³/mol. The minimum Gasteiger partial charge on any atom is -0.399 e. The van der Waals surface area contributed by atoms with E-state index in [1.54, 1.807) is 30.3 Å². The summed E-state index contributed by atoms with van der Waals surface area (Å²) >= 11 is 0. The van der Waals surface area contributed by atoms with Crippen LogP contribution < -0.4 is 5.73 Å². The molecule has 0 aromatic heterocycles. The standard InChI is InChI=1S/C12H11NO2S/c13-10-7-5-9(6-8-10)11-3-1-2-4-12(11)16(14)15/h1-8,16H,13H2. The van der Waals surface area contributed by atoms with E-state index in [1.807, 2.05) is 18.2 Å². The number of hydrogen-bond donors (Lipinski definition) is 2. The van der Waals surface area contributed by atoms with Gasteiger partial charge in [0.05, 0.1) is 4.90 Å². The Morgan fingerprint density at radius 1 is 0.875 bits per heavy atom. The van der Waals surface area contributed by atoms with E-state index >= 15 is 0 Å². The molecule has 2 rings (SSSR count). The van der Waals surface area contributed by atoms with Gasteiger partial charge in [-0.1, -0.05) is 30.3 Å². The summed E-state index contributed by atoms with van der Waals surface area (Å²) in [7, 11) is -2.58. The number of benzene rings is 2. The van der Waals surface area contributed by atoms with Crippen LogP contribution >= 0.6 is 0 Å². The normalized spacial score (nSPS) is 10.6. The first-order chi connectivity index (χ1) is 7.68. The van der Waals surface area contributed by atoms with Gasteiger partial charge in [-0.2, -0.15) is 0 Å². The maximum absolute atomic E-state index is 11.1. The molecule has 2 aromatic carbocycles. The highest BCUT2D eigenvalue weighted by Crippen LogP contribution is 2.25. The summed E-state index contributed by atoms with van der Waals surface area (Å²) in [4.78, 5) is 0.335. The second kappa shape index (κ2) is 4.37. The lowest BCUT2D eigenvalue weighted by Crippen LogP contribution is -1.88. The van der Waals surface area contributed by atoms with Crippen molar-refractivity contribution in [1.29, 1.82) is 0 Å². The first-order valence-electron chi connectivity index (χ1n) is 4.78. The Kier molecular flexibility index (Phi) is 2.92. The van der Waals surface area contributed by atoms with Crippen molar-refractivity contribution in [1.82, 2.24) is 0 Å². The fraction of sp³-hybridized carbons (Fsp3) is 0. The fourth-order valence-electron chi connectivity index (χ4n) is 1.54. The molecule has 0 radical (unpaired) electrons. The van der Waals surface area contributed by atoms with Gasteiger partial charge in [0.2, 0.25) is 0 Å². The van der Waals surface area contributed by atoms with Crippen LogP contribution in [0.15, 0.2) is 53.4 Å². The predicted octanol–water partition coefficient (Wildman–Crippen LogP) is 1.91. The highest BCUT2D eigenvalue weighted by atomic mass is 32.2. The molecule has 0 spiro atoms. The zero-order valence-corrected chi connectivity index (χ0v) is 9.35. The van der Waals surface area contributed by atoms with Crippen LogP contribution in [0.25, 0.3) is 11.1 Å². The average Bonchev–Trinajstić information content (AvgIpc) is 2.30. The molecule has 0 heterocycles. The smallest absolute Gasteiger partial charge is 0.168 e. The number of rotatable bonds is 2. The molecule has 2 aromatic rings. The Bertz CT molecular complexity index is 566. The summed E-state index contributed by atoms with van der Waals surface area (Å²) < 4.78 is 22.1. The van der Waals surface area contributed by atoms with Crippen LogP contribution in [0, 0.1) is 0 Å². The molecule has 0 bridgehead atoms. The molecule has 3 nitrogen and oxygen atoms in total. The zero-order chi connectivity index (χ0) is 11.5. The summed E-state index contributed by atoms with van der Waals surface area (Å²) in [5, 5.41) is 0. The van der Waals surface area contributed by atoms with Crippen LogP contribution in [0.1, 0.15) is 0 Å². The van der Waals surface area contributed by atoms with E-state index in [-0.39, 0.29) is 0 Å². The minimum absolute atomic E-state index is 0.335. The molecular formula is C12H11NO2S. The first-order valence-corrected chi connectivity index (χ1v) is 5.95. The quantitative estimate of drug-likeness (QED) is 0.615. The molecule has 0 saturated heterocycles. The van der Waals surface area contributed by atoms with Crippen molar-refractivity contribution in [2.75, 3.05) is 5.73 Å². The van der Waals surface area contributed by atoms with Gasteiger partial charge in [0.25, 0.3) is 0 Å². The van der Waals surface area contributed by atoms with Gasteiger partial charge in [-0.3, -0.25) is 0 Å². The largest absolute Gasteiger partial charge is 0.399 e. The van der Waals surface area contributed by atoms with E-state index in [1.165, 1.54) is 0 Å². The first kappa shape index (κ1) is 10.7. The molecule has 0 saturated carbocycles. The van der Waals surface area contributed by atoms with Gasteiger partial charge in [0.15, 0.2) is 10.7 Å². The number of anilines is 1. The SMILES string of the molecule is Nc1ccc(-c2ccccc2[SH](=O)=O)cc1. The fourth-order valence-corrected chi connectivity index (χ4v) is 2.15. The summed E-state index contributed by atoms with van der Waals surface area (Å²) in [6, 6.07) is 14.0. The number of nitrogens with two attached hydrogens (primary N) is 1. The molecular weight excluding hydrogens is 222 g/mol. The summed E-state index contributed by atoms with van der Waals surface area (Å²) in [5.74, 6) is 0. The van der Waals surface area contributed by atoms with Gasteiger partial charge in [0.1, 0.15) is 0 Å². The topological polar surface area (TPSA) is 60.2 Å². The van der Waals surface area contributed by atoms with Gasteiger partial charge >= 0.3 is 0 Å². The summed E-state index contributed by atoms with van der Waals surface area (Å²) in [6.45, 7) is 0. The zero-order valence-electron chi connectivity index (χ0n) is 8.46. The number of hydrogen-bond acceptors (Lipinski definition) is 3. The van der Waals surface area contributed by atoms with Gasteiger partial charge < -0.3 is 5.73 Å². The molecule has 0 atom stereocenters. The molecule has 0 aliphatic rings. The van der Waals surface area contributed by atoms with Crippen LogP contribution in [-0.4, -0.2) is 8.42 Å². The lowest BCUT2D eigenvalue weighted by Gasteiger charge is -2.04. The third kappa shape index (κ3) is 2.06. The second-order valence-electron chi connectivity index (χ2n) is 3.40. The number of nitrogen functional groups attached to an aromatic ring is 1. The summed E-state index contributed by atoms with van der Waals surface area (Å²) in [6.07, 6.45) is 0. The lowest BCUT2D eigenvalue weighted by molar-refractivity contribution is 0.615. The molecule has 16 heavy (non-hydrogen) atoms. The van der Waals surface area contributed by atoms with Crippen LogP contribution in [0.2, 0.25) is 0 Å². The Morgan fingerprint density at radius 3 is 2.12 bits per heavy atom. The molecule has 2 N–H and O–H groups in total. The highest BCUT2D eigenvalue weighted by Gasteiger charge is 2.05. The molecule has 0 fully saturated rings. The van der Waals surface area contributed by atoms with Crippen molar-refractivity contribution in [3.8, 4) is 11.1 Å². The molecule has 0 unspecified atom stereocenters. The van der Waals surface area contributed by atoms with E-state index in [4.69, 9.17) is 5.73 Å². The summed E-state index contributed by atoms with van der Waals surface area (Å²) in [5.41, 5.74) is 7.80. The van der Waals surface area contributed by atoms with Gasteiger partial charge in [-0.05, 0) is 23.8 Å². The van der Waals surface area contributed by atoms with Gasteiger partial charge in [-0.15, -0.1) is 0 Å². The molecule has 0 aliphatic heterocycles. The third-order valence-corrected chi connectivity index (χ3v) is 3.11. The Balaban J connectivity index is 2.60.